The molecule has 2 fully saturated rings. The van der Waals surface area contributed by atoms with Crippen LogP contribution in [-0.4, -0.2) is 55.7 Å². The van der Waals surface area contributed by atoms with E-state index in [1.165, 1.54) is 75.0 Å². The van der Waals surface area contributed by atoms with Crippen molar-refractivity contribution >= 4 is 10.9 Å². The summed E-state index contributed by atoms with van der Waals surface area (Å²) in [5.41, 5.74) is 6.93. The van der Waals surface area contributed by atoms with Crippen molar-refractivity contribution in [3.63, 3.8) is 0 Å². The first-order valence-electron chi connectivity index (χ1n) is 12.6. The zero-order chi connectivity index (χ0) is 22.7. The van der Waals surface area contributed by atoms with Crippen molar-refractivity contribution in [1.29, 1.82) is 0 Å². The molecule has 3 aromatic heterocycles. The highest BCUT2D eigenvalue weighted by Gasteiger charge is 2.14. The van der Waals surface area contributed by atoms with E-state index in [0.717, 1.165) is 35.4 Å². The summed E-state index contributed by atoms with van der Waals surface area (Å²) in [7, 11) is 0. The number of aromatic nitrogens is 4. The molecule has 6 rings (SSSR count). The van der Waals surface area contributed by atoms with Crippen LogP contribution in [0.25, 0.3) is 27.7 Å². The van der Waals surface area contributed by atoms with Crippen molar-refractivity contribution < 1.29 is 0 Å². The van der Waals surface area contributed by atoms with Crippen LogP contribution in [0.3, 0.4) is 0 Å². The van der Waals surface area contributed by atoms with Crippen LogP contribution in [0.2, 0.25) is 0 Å². The summed E-state index contributed by atoms with van der Waals surface area (Å²) < 4.78 is 2.03. The monoisotopic (exact) mass is 452 g/mol. The minimum absolute atomic E-state index is 0.915. The molecule has 0 amide bonds. The van der Waals surface area contributed by atoms with E-state index in [9.17, 15) is 0 Å². The normalized spacial score (nSPS) is 17.5. The maximum atomic E-state index is 4.72. The number of piperidine rings is 1. The van der Waals surface area contributed by atoms with E-state index in [-0.39, 0.29) is 0 Å². The lowest BCUT2D eigenvalue weighted by Crippen LogP contribution is -2.29. The third kappa shape index (κ3) is 4.61. The molecule has 1 aromatic carbocycles. The molecule has 5 heterocycles. The molecule has 174 valence electrons. The Labute approximate surface area is 201 Å². The summed E-state index contributed by atoms with van der Waals surface area (Å²) >= 11 is 0. The molecule has 4 aromatic rings. The Morgan fingerprint density at radius 1 is 0.706 bits per heavy atom. The summed E-state index contributed by atoms with van der Waals surface area (Å²) in [6, 6.07) is 13.1. The number of hydrogen-bond donors (Lipinski definition) is 0. The van der Waals surface area contributed by atoms with Crippen LogP contribution >= 0.6 is 0 Å². The summed E-state index contributed by atoms with van der Waals surface area (Å²) in [5, 5.41) is 5.86. The molecule has 2 saturated heterocycles. The van der Waals surface area contributed by atoms with Gasteiger partial charge in [0.15, 0.2) is 0 Å². The average molecular weight is 453 g/mol. The first kappa shape index (κ1) is 21.4. The SMILES string of the molecule is c1cc(-n2ncc3cc(-c4cncc(CN5CCCCC5)c4)ccc32)cc(CN2CCCC2)n1. The van der Waals surface area contributed by atoms with Gasteiger partial charge in [0.05, 0.1) is 23.1 Å². The highest BCUT2D eigenvalue weighted by atomic mass is 15.3. The molecule has 34 heavy (non-hydrogen) atoms. The van der Waals surface area contributed by atoms with Crippen molar-refractivity contribution in [3.8, 4) is 16.8 Å². The van der Waals surface area contributed by atoms with E-state index in [0.29, 0.717) is 0 Å². The Morgan fingerprint density at radius 2 is 1.50 bits per heavy atom. The standard InChI is InChI=1S/C28H32N6/c1-2-10-32(11-3-1)20-22-14-24(18-29-17-22)23-6-7-28-25(15-23)19-31-34(28)27-8-9-30-26(16-27)21-33-12-4-5-13-33/h6-9,14-19H,1-5,10-13,20-21H2. The van der Waals surface area contributed by atoms with Crippen molar-refractivity contribution in [3.05, 3.63) is 72.4 Å². The van der Waals surface area contributed by atoms with Gasteiger partial charge in [-0.15, -0.1) is 0 Å². The number of rotatable bonds is 6. The summed E-state index contributed by atoms with van der Waals surface area (Å²) in [6.45, 7) is 6.65. The number of pyridine rings is 2. The molecule has 2 aliphatic heterocycles. The lowest BCUT2D eigenvalue weighted by Gasteiger charge is -2.26. The minimum atomic E-state index is 0.915. The van der Waals surface area contributed by atoms with Gasteiger partial charge in [-0.2, -0.15) is 5.10 Å². The van der Waals surface area contributed by atoms with E-state index in [1.807, 2.05) is 35.5 Å². The quantitative estimate of drug-likeness (QED) is 0.409. The first-order valence-corrected chi connectivity index (χ1v) is 12.6. The predicted octanol–water partition coefficient (Wildman–Crippen LogP) is 5.06. The van der Waals surface area contributed by atoms with Crippen LogP contribution in [0.15, 0.2) is 61.2 Å². The Morgan fingerprint density at radius 3 is 2.35 bits per heavy atom. The van der Waals surface area contributed by atoms with Gasteiger partial charge in [0.1, 0.15) is 0 Å². The van der Waals surface area contributed by atoms with Crippen LogP contribution < -0.4 is 0 Å². The Bertz CT molecular complexity index is 1270. The largest absolute Gasteiger partial charge is 0.299 e. The summed E-state index contributed by atoms with van der Waals surface area (Å²) in [4.78, 5) is 14.2. The second-order valence-electron chi connectivity index (χ2n) is 9.74. The fraction of sp³-hybridized carbons (Fsp3) is 0.393. The van der Waals surface area contributed by atoms with Crippen LogP contribution in [0.1, 0.15) is 43.4 Å². The van der Waals surface area contributed by atoms with E-state index in [1.54, 1.807) is 0 Å². The Kier molecular flexibility index (Phi) is 6.08. The summed E-state index contributed by atoms with van der Waals surface area (Å²) in [6.07, 6.45) is 14.4. The average Bonchev–Trinajstić information content (AvgIpc) is 3.54. The third-order valence-electron chi connectivity index (χ3n) is 7.18. The van der Waals surface area contributed by atoms with Gasteiger partial charge in [0, 0.05) is 42.6 Å². The van der Waals surface area contributed by atoms with Gasteiger partial charge in [-0.3, -0.25) is 19.8 Å². The van der Waals surface area contributed by atoms with Gasteiger partial charge in [0.25, 0.3) is 0 Å². The first-order chi connectivity index (χ1) is 16.8. The molecule has 6 nitrogen and oxygen atoms in total. The molecule has 0 N–H and O–H groups in total. The van der Waals surface area contributed by atoms with Crippen molar-refractivity contribution in [2.24, 2.45) is 0 Å². The number of likely N-dealkylation sites (tertiary alicyclic amines) is 2. The van der Waals surface area contributed by atoms with E-state index in [2.05, 4.69) is 50.1 Å². The molecular formula is C28H32N6. The maximum Gasteiger partial charge on any atom is 0.0741 e. The fourth-order valence-corrected chi connectivity index (χ4v) is 5.38. The number of benzene rings is 1. The lowest BCUT2D eigenvalue weighted by molar-refractivity contribution is 0.220. The second-order valence-corrected chi connectivity index (χ2v) is 9.74. The van der Waals surface area contributed by atoms with Crippen molar-refractivity contribution in [2.45, 2.75) is 45.2 Å². The molecule has 6 heteroatoms. The number of nitrogens with zero attached hydrogens (tertiary/aromatic N) is 6. The highest BCUT2D eigenvalue weighted by Crippen LogP contribution is 2.27. The van der Waals surface area contributed by atoms with Gasteiger partial charge in [-0.1, -0.05) is 12.5 Å². The van der Waals surface area contributed by atoms with Crippen molar-refractivity contribution in [1.82, 2.24) is 29.5 Å². The van der Waals surface area contributed by atoms with Gasteiger partial charge in [0.2, 0.25) is 0 Å². The van der Waals surface area contributed by atoms with Crippen LogP contribution in [-0.2, 0) is 13.1 Å². The zero-order valence-electron chi connectivity index (χ0n) is 19.7. The lowest BCUT2D eigenvalue weighted by atomic mass is 10.0. The molecular weight excluding hydrogens is 420 g/mol. The van der Waals surface area contributed by atoms with Gasteiger partial charge in [-0.05, 0) is 93.3 Å². The van der Waals surface area contributed by atoms with Crippen molar-refractivity contribution in [2.75, 3.05) is 26.2 Å². The Balaban J connectivity index is 1.24. The zero-order valence-corrected chi connectivity index (χ0v) is 19.7. The van der Waals surface area contributed by atoms with E-state index >= 15 is 0 Å². The number of fused-ring (bicyclic) bond motifs is 1. The Hall–Kier alpha value is -3.09. The van der Waals surface area contributed by atoms with Crippen LogP contribution in [0, 0.1) is 0 Å². The van der Waals surface area contributed by atoms with Gasteiger partial charge < -0.3 is 0 Å². The molecule has 0 saturated carbocycles. The third-order valence-corrected chi connectivity index (χ3v) is 7.18. The van der Waals surface area contributed by atoms with Crippen LogP contribution in [0.4, 0.5) is 0 Å². The van der Waals surface area contributed by atoms with Gasteiger partial charge in [-0.25, -0.2) is 4.68 Å². The second kappa shape index (κ2) is 9.65. The maximum absolute atomic E-state index is 4.72. The fourth-order valence-electron chi connectivity index (χ4n) is 5.38. The van der Waals surface area contributed by atoms with E-state index in [4.69, 9.17) is 5.10 Å². The molecule has 0 spiro atoms. The molecule has 0 aliphatic carbocycles. The smallest absolute Gasteiger partial charge is 0.0741 e. The molecule has 0 unspecified atom stereocenters. The highest BCUT2D eigenvalue weighted by molar-refractivity contribution is 5.85. The molecule has 2 aliphatic rings. The van der Waals surface area contributed by atoms with Crippen LogP contribution in [0.5, 0.6) is 0 Å². The predicted molar refractivity (Wildman–Crippen MR) is 136 cm³/mol. The topological polar surface area (TPSA) is 50.1 Å². The van der Waals surface area contributed by atoms with E-state index < -0.39 is 0 Å². The summed E-state index contributed by atoms with van der Waals surface area (Å²) in [5.74, 6) is 0. The number of hydrogen-bond acceptors (Lipinski definition) is 5. The minimum Gasteiger partial charge on any atom is -0.299 e. The van der Waals surface area contributed by atoms with Gasteiger partial charge >= 0.3 is 0 Å². The molecule has 0 bridgehead atoms. The molecule has 0 radical (unpaired) electrons. The molecule has 0 atom stereocenters.